The molecule has 1 aliphatic heterocycles. The lowest BCUT2D eigenvalue weighted by molar-refractivity contribution is 0.0896. The molecule has 4 atom stereocenters. The third kappa shape index (κ3) is 3.77. The zero-order valence-electron chi connectivity index (χ0n) is 27.0. The maximum absolute atomic E-state index is 14.5. The summed E-state index contributed by atoms with van der Waals surface area (Å²) in [5.41, 5.74) is 2.70. The average Bonchev–Trinajstić information content (AvgIpc) is 3.11. The van der Waals surface area contributed by atoms with Gasteiger partial charge in [0.15, 0.2) is 11.6 Å². The highest BCUT2D eigenvalue weighted by Gasteiger charge is 2.68. The predicted octanol–water partition coefficient (Wildman–Crippen LogP) is 9.25. The minimum absolute atomic E-state index is 0.0168. The molecule has 3 nitrogen and oxygen atoms in total. The molecule has 0 amide bonds. The van der Waals surface area contributed by atoms with Crippen molar-refractivity contribution < 1.29 is 14.3 Å². The first-order valence-electron chi connectivity index (χ1n) is 15.2. The normalized spacial score (nSPS) is 29.0. The van der Waals surface area contributed by atoms with E-state index in [1.165, 1.54) is 10.4 Å². The van der Waals surface area contributed by atoms with Crippen molar-refractivity contribution in [3.05, 3.63) is 69.3 Å². The van der Waals surface area contributed by atoms with Gasteiger partial charge in [-0.15, -0.1) is 0 Å². The quantitative estimate of drug-likeness (QED) is 0.321. The lowest BCUT2D eigenvalue weighted by Crippen LogP contribution is -2.58. The van der Waals surface area contributed by atoms with E-state index in [-0.39, 0.29) is 39.6 Å². The van der Waals surface area contributed by atoms with Crippen molar-refractivity contribution in [3.8, 4) is 0 Å². The fourth-order valence-corrected chi connectivity index (χ4v) is 18.5. The molecule has 6 heteroatoms. The largest absolute Gasteiger partial charge is 0.494 e. The Morgan fingerprint density at radius 3 is 1.77 bits per heavy atom. The molecule has 216 valence electrons. The number of Topliss-reactive ketones (excluding diaryl/α,β-unsaturated/α-hetero) is 2. The van der Waals surface area contributed by atoms with Crippen LogP contribution in [0.4, 0.5) is 0 Å². The number of fused-ring (bicyclic) bond motifs is 6. The van der Waals surface area contributed by atoms with Crippen molar-refractivity contribution in [2.24, 2.45) is 17.8 Å². The monoisotopic (exact) mass is 590 g/mol. The highest BCUT2D eigenvalue weighted by atomic mass is 28.3. The van der Waals surface area contributed by atoms with Gasteiger partial charge in [0.1, 0.15) is 6.10 Å². The van der Waals surface area contributed by atoms with Gasteiger partial charge in [0.05, 0.1) is 30.0 Å². The minimum atomic E-state index is -2.05. The molecule has 0 radical (unpaired) electrons. The number of rotatable bonds is 5. The molecule has 2 fully saturated rings. The topological polar surface area (TPSA) is 43.4 Å². The van der Waals surface area contributed by atoms with Crippen molar-refractivity contribution in [1.29, 1.82) is 0 Å². The summed E-state index contributed by atoms with van der Waals surface area (Å²) in [5, 5.41) is 2.72. The molecule has 5 rings (SSSR count). The molecule has 40 heavy (non-hydrogen) atoms. The third-order valence-corrected chi connectivity index (χ3v) is 23.3. The summed E-state index contributed by atoms with van der Waals surface area (Å²) in [6.45, 7) is 33.7. The van der Waals surface area contributed by atoms with E-state index in [9.17, 15) is 9.59 Å². The first kappa shape index (κ1) is 29.7. The summed E-state index contributed by atoms with van der Waals surface area (Å²) in [5.74, 6) is 2.03. The summed E-state index contributed by atoms with van der Waals surface area (Å²) in [7, 11) is -6.12. The maximum atomic E-state index is 14.5. The van der Waals surface area contributed by atoms with Crippen LogP contribution in [0.1, 0.15) is 61.3 Å². The first-order valence-corrected chi connectivity index (χ1v) is 25.2. The summed E-state index contributed by atoms with van der Waals surface area (Å²) in [4.78, 5) is 29.0. The molecule has 1 aromatic rings. The van der Waals surface area contributed by atoms with Crippen LogP contribution < -0.4 is 0 Å². The molecule has 1 saturated carbocycles. The van der Waals surface area contributed by atoms with Gasteiger partial charge in [0, 0.05) is 33.2 Å². The minimum Gasteiger partial charge on any atom is -0.494 e. The Kier molecular flexibility index (Phi) is 6.59. The lowest BCUT2D eigenvalue weighted by atomic mass is 9.65. The molecule has 1 saturated heterocycles. The van der Waals surface area contributed by atoms with Crippen molar-refractivity contribution in [2.75, 3.05) is 0 Å². The van der Waals surface area contributed by atoms with Gasteiger partial charge in [-0.05, 0) is 29.7 Å². The van der Waals surface area contributed by atoms with Crippen LogP contribution in [-0.2, 0) is 4.74 Å². The fourth-order valence-electron chi connectivity index (χ4n) is 8.87. The van der Waals surface area contributed by atoms with Gasteiger partial charge >= 0.3 is 0 Å². The van der Waals surface area contributed by atoms with Crippen LogP contribution in [0, 0.1) is 17.8 Å². The number of carbonyl (C=O) groups is 2. The first-order chi connectivity index (χ1) is 18.2. The number of ketones is 2. The summed E-state index contributed by atoms with van der Waals surface area (Å²) >= 11 is 0. The second kappa shape index (κ2) is 8.87. The Balaban J connectivity index is 1.85. The highest BCUT2D eigenvalue weighted by molar-refractivity contribution is 6.86. The lowest BCUT2D eigenvalue weighted by Gasteiger charge is -2.58. The Morgan fingerprint density at radius 2 is 1.32 bits per heavy atom. The van der Waals surface area contributed by atoms with E-state index in [1.54, 1.807) is 0 Å². The van der Waals surface area contributed by atoms with E-state index in [4.69, 9.17) is 4.74 Å². The average molecular weight is 591 g/mol. The van der Waals surface area contributed by atoms with Crippen LogP contribution in [0.15, 0.2) is 58.1 Å². The Hall–Kier alpha value is -1.77. The molecular formula is C34H50O3Si3. The fraction of sp³-hybridized carbons (Fsp3) is 0.588. The van der Waals surface area contributed by atoms with Gasteiger partial charge in [-0.2, -0.15) is 0 Å². The van der Waals surface area contributed by atoms with E-state index in [0.29, 0.717) is 17.0 Å². The number of allylic oxidation sites excluding steroid dienone is 4. The zero-order chi connectivity index (χ0) is 30.0. The van der Waals surface area contributed by atoms with Gasteiger partial charge in [-0.1, -0.05) is 121 Å². The van der Waals surface area contributed by atoms with Gasteiger partial charge in [-0.3, -0.25) is 9.59 Å². The van der Waals surface area contributed by atoms with Crippen LogP contribution in [0.25, 0.3) is 0 Å². The molecular weight excluding hydrogens is 541 g/mol. The summed E-state index contributed by atoms with van der Waals surface area (Å²) < 4.78 is 6.94. The molecule has 1 aromatic carbocycles. The number of benzene rings is 1. The number of ether oxygens (including phenoxy) is 1. The van der Waals surface area contributed by atoms with Gasteiger partial charge in [0.25, 0.3) is 0 Å². The molecule has 0 spiro atoms. The molecule has 1 heterocycles. The third-order valence-electron chi connectivity index (χ3n) is 12.0. The smallest absolute Gasteiger partial charge is 0.194 e. The molecule has 0 unspecified atom stereocenters. The van der Waals surface area contributed by atoms with Gasteiger partial charge in [-0.25, -0.2) is 0 Å². The van der Waals surface area contributed by atoms with E-state index in [1.807, 2.05) is 24.3 Å². The SMILES string of the molecule is C=C1O[C@@H]2C[C@@]1([Si](C)(C)C(C)(C)C(C)C)C[C@H]1C([Si](C)(C)C)=C3C(=O)c4ccccc4C(=O)C3=C([Si](C)(C)C)[C@@H]21. The van der Waals surface area contributed by atoms with E-state index >= 15 is 0 Å². The van der Waals surface area contributed by atoms with Gasteiger partial charge < -0.3 is 4.74 Å². The maximum Gasteiger partial charge on any atom is 0.194 e. The Bertz CT molecular complexity index is 1400. The van der Waals surface area contributed by atoms with Crippen molar-refractivity contribution in [2.45, 2.75) is 109 Å². The van der Waals surface area contributed by atoms with E-state index in [2.05, 4.69) is 86.6 Å². The Labute approximate surface area is 245 Å². The van der Waals surface area contributed by atoms with E-state index in [0.717, 1.165) is 29.7 Å². The van der Waals surface area contributed by atoms with Crippen LogP contribution in [0.5, 0.6) is 0 Å². The standard InChI is InChI=1S/C34H50O3Si3/c1-20(2)33(4,5)40(12,13)34-18-24-26(25(19-34)37-21(34)3)32(39(9,10)11)28-27(31(24)38(6,7)8)29(35)22-16-14-15-17-23(22)30(28)36/h14-17,20,24-26H,3,18-19H2,1-2,4-13H3/t24-,25-,26-,34+/m1/s1. The number of hydrogen-bond acceptors (Lipinski definition) is 3. The molecule has 0 aromatic heterocycles. The molecule has 2 bridgehead atoms. The second-order valence-electron chi connectivity index (χ2n) is 16.5. The van der Waals surface area contributed by atoms with Crippen LogP contribution in [0.2, 0.25) is 62.5 Å². The molecule has 0 N–H and O–H groups in total. The number of carbonyl (C=O) groups excluding carboxylic acids is 2. The second-order valence-corrected chi connectivity index (χ2v) is 32.1. The Morgan fingerprint density at radius 1 is 0.850 bits per heavy atom. The van der Waals surface area contributed by atoms with Crippen LogP contribution in [0.3, 0.4) is 0 Å². The molecule has 3 aliphatic carbocycles. The highest BCUT2D eigenvalue weighted by Crippen LogP contribution is 2.72. The summed E-state index contributed by atoms with van der Waals surface area (Å²) in [6, 6.07) is 7.50. The zero-order valence-corrected chi connectivity index (χ0v) is 30.0. The summed E-state index contributed by atoms with van der Waals surface area (Å²) in [6.07, 6.45) is 2.01. The van der Waals surface area contributed by atoms with Crippen molar-refractivity contribution in [3.63, 3.8) is 0 Å². The molecule has 4 aliphatic rings. The predicted molar refractivity (Wildman–Crippen MR) is 175 cm³/mol. The van der Waals surface area contributed by atoms with Crippen molar-refractivity contribution in [1.82, 2.24) is 0 Å². The van der Waals surface area contributed by atoms with E-state index < -0.39 is 24.2 Å². The van der Waals surface area contributed by atoms with Crippen molar-refractivity contribution >= 4 is 35.8 Å². The van der Waals surface area contributed by atoms with Crippen LogP contribution >= 0.6 is 0 Å². The van der Waals surface area contributed by atoms with Gasteiger partial charge in [0.2, 0.25) is 0 Å². The number of hydrogen-bond donors (Lipinski definition) is 0. The van der Waals surface area contributed by atoms with Crippen LogP contribution in [-0.4, -0.2) is 41.9 Å².